The van der Waals surface area contributed by atoms with Crippen LogP contribution < -0.4 is 0 Å². The first kappa shape index (κ1) is 43.3. The van der Waals surface area contributed by atoms with Crippen molar-refractivity contribution in [3.63, 3.8) is 0 Å². The van der Waals surface area contributed by atoms with E-state index in [2.05, 4.69) is 13.5 Å². The van der Waals surface area contributed by atoms with Crippen LogP contribution in [0.25, 0.3) is 0 Å². The molecule has 0 heterocycles. The third-order valence-electron chi connectivity index (χ3n) is 7.46. The van der Waals surface area contributed by atoms with Gasteiger partial charge in [-0.05, 0) is 64.7 Å². The highest BCUT2D eigenvalue weighted by Crippen LogP contribution is 2.62. The van der Waals surface area contributed by atoms with Crippen LogP contribution in [0.3, 0.4) is 0 Å². The minimum atomic E-state index is -2.18. The summed E-state index contributed by atoms with van der Waals surface area (Å²) in [6, 6.07) is 0. The zero-order chi connectivity index (χ0) is 35.4. The normalized spacial score (nSPS) is 21.9. The molecule has 0 amide bonds. The van der Waals surface area contributed by atoms with Gasteiger partial charge in [-0.15, -0.1) is 0 Å². The number of carbonyl (C=O) groups excluding carboxylic acids is 1. The molecular formula is C37H68O10. The van der Waals surface area contributed by atoms with Gasteiger partial charge in [0.25, 0.3) is 5.79 Å². The second kappa shape index (κ2) is 22.1. The average molecular weight is 673 g/mol. The Labute approximate surface area is 286 Å². The lowest BCUT2D eigenvalue weighted by atomic mass is 9.70. The minimum absolute atomic E-state index is 0.128. The maximum absolute atomic E-state index is 13.9. The van der Waals surface area contributed by atoms with Gasteiger partial charge in [-0.1, -0.05) is 75.3 Å². The van der Waals surface area contributed by atoms with Crippen LogP contribution in [0, 0.1) is 0 Å². The maximum Gasteiger partial charge on any atom is 0.337 e. The zero-order valence-corrected chi connectivity index (χ0v) is 31.5. The highest BCUT2D eigenvalue weighted by molar-refractivity contribution is 5.87. The molecule has 0 radical (unpaired) electrons. The average Bonchev–Trinajstić information content (AvgIpc) is 3.07. The van der Waals surface area contributed by atoms with E-state index >= 15 is 0 Å². The summed E-state index contributed by atoms with van der Waals surface area (Å²) in [7, 11) is 0. The van der Waals surface area contributed by atoms with E-state index < -0.39 is 28.9 Å². The Morgan fingerprint density at radius 1 is 0.511 bits per heavy atom. The van der Waals surface area contributed by atoms with E-state index in [1.165, 1.54) is 0 Å². The topological polar surface area (TPSA) is 100 Å². The van der Waals surface area contributed by atoms with Crippen LogP contribution in [0.15, 0.2) is 23.7 Å². The van der Waals surface area contributed by atoms with E-state index in [1.54, 1.807) is 6.92 Å². The van der Waals surface area contributed by atoms with E-state index in [4.69, 9.17) is 42.6 Å². The molecular weight excluding hydrogens is 604 g/mol. The zero-order valence-electron chi connectivity index (χ0n) is 31.5. The molecule has 47 heavy (non-hydrogen) atoms. The van der Waals surface area contributed by atoms with Gasteiger partial charge in [-0.2, -0.15) is 0 Å². The van der Waals surface area contributed by atoms with Crippen molar-refractivity contribution < 1.29 is 47.4 Å². The molecule has 0 aromatic carbocycles. The monoisotopic (exact) mass is 672 g/mol. The number of hydrogen-bond acceptors (Lipinski definition) is 10. The van der Waals surface area contributed by atoms with Crippen molar-refractivity contribution in [3.05, 3.63) is 23.7 Å². The third kappa shape index (κ3) is 9.31. The lowest BCUT2D eigenvalue weighted by Gasteiger charge is -2.63. The molecule has 1 aliphatic carbocycles. The van der Waals surface area contributed by atoms with Crippen molar-refractivity contribution in [2.75, 3.05) is 52.9 Å². The van der Waals surface area contributed by atoms with Crippen LogP contribution >= 0.6 is 0 Å². The molecule has 0 N–H and O–H groups in total. The molecule has 10 heteroatoms. The third-order valence-corrected chi connectivity index (χ3v) is 7.46. The van der Waals surface area contributed by atoms with Gasteiger partial charge >= 0.3 is 17.5 Å². The van der Waals surface area contributed by atoms with Crippen LogP contribution in [0.2, 0.25) is 0 Å². The molecule has 2 unspecified atom stereocenters. The molecule has 1 aliphatic rings. The summed E-state index contributed by atoms with van der Waals surface area (Å²) in [4.78, 5) is 13.9. The standard InChI is InChI=1S/C37H68O10/c1-12-21-34(41-24-15-4)31(39-22-13-2)32(40-23-14-3)35(42-25-16-5,47-33(38)30(10)11)37(45-28-19-8,46-29-20-9)36(34,43-26-17-6)44-27-18-7/h10,12-29H2,1-9,11H3. The molecule has 0 bridgehead atoms. The summed E-state index contributed by atoms with van der Waals surface area (Å²) in [6.07, 6.45) is 6.19. The quantitative estimate of drug-likeness (QED) is 0.0458. The van der Waals surface area contributed by atoms with Crippen LogP contribution in [0.5, 0.6) is 0 Å². The van der Waals surface area contributed by atoms with Crippen molar-refractivity contribution in [1.29, 1.82) is 0 Å². The molecule has 0 spiro atoms. The molecule has 0 aromatic rings. The Hall–Kier alpha value is -1.69. The highest BCUT2D eigenvalue weighted by atomic mass is 16.9. The lowest BCUT2D eigenvalue weighted by molar-refractivity contribution is -0.521. The fraction of sp³-hybridized carbons (Fsp3) is 0.865. The molecule has 2 atom stereocenters. The Balaban J connectivity index is 4.95. The Kier molecular flexibility index (Phi) is 20.4. The molecule has 1 rings (SSSR count). The van der Waals surface area contributed by atoms with E-state index in [-0.39, 0.29) is 51.0 Å². The molecule has 0 fully saturated rings. The molecule has 0 aliphatic heterocycles. The van der Waals surface area contributed by atoms with Crippen LogP contribution in [-0.2, 0) is 47.4 Å². The molecule has 276 valence electrons. The van der Waals surface area contributed by atoms with Gasteiger partial charge in [-0.25, -0.2) is 4.79 Å². The van der Waals surface area contributed by atoms with Gasteiger partial charge in [0, 0.05) is 12.2 Å². The summed E-state index contributed by atoms with van der Waals surface area (Å²) in [6.45, 7) is 25.7. The predicted octanol–water partition coefficient (Wildman–Crippen LogP) is 8.37. The van der Waals surface area contributed by atoms with E-state index in [0.717, 1.165) is 0 Å². The lowest BCUT2D eigenvalue weighted by Crippen LogP contribution is -2.85. The summed E-state index contributed by atoms with van der Waals surface area (Å²) < 4.78 is 62.2. The van der Waals surface area contributed by atoms with E-state index in [1.807, 2.05) is 55.4 Å². The van der Waals surface area contributed by atoms with E-state index in [9.17, 15) is 4.79 Å². The van der Waals surface area contributed by atoms with Gasteiger partial charge in [0.1, 0.15) is 0 Å². The second-order valence-corrected chi connectivity index (χ2v) is 12.0. The first-order valence-corrected chi connectivity index (χ1v) is 18.4. The van der Waals surface area contributed by atoms with Crippen molar-refractivity contribution in [2.24, 2.45) is 0 Å². The summed E-state index contributed by atoms with van der Waals surface area (Å²) in [5.74, 6) is -6.44. The number of esters is 1. The van der Waals surface area contributed by atoms with Crippen LogP contribution in [0.4, 0.5) is 0 Å². The Morgan fingerprint density at radius 3 is 1.30 bits per heavy atom. The fourth-order valence-corrected chi connectivity index (χ4v) is 5.64. The molecule has 0 saturated carbocycles. The van der Waals surface area contributed by atoms with Crippen molar-refractivity contribution in [3.8, 4) is 0 Å². The minimum Gasteiger partial charge on any atom is -0.491 e. The van der Waals surface area contributed by atoms with Crippen molar-refractivity contribution in [2.45, 2.75) is 156 Å². The van der Waals surface area contributed by atoms with Gasteiger partial charge in [-0.3, -0.25) is 0 Å². The second-order valence-electron chi connectivity index (χ2n) is 12.0. The summed E-state index contributed by atoms with van der Waals surface area (Å²) in [5.41, 5.74) is -1.30. The highest BCUT2D eigenvalue weighted by Gasteiger charge is 2.86. The number of ether oxygens (including phenoxy) is 9. The van der Waals surface area contributed by atoms with Crippen LogP contribution in [0.1, 0.15) is 133 Å². The molecule has 10 nitrogen and oxygen atoms in total. The van der Waals surface area contributed by atoms with Gasteiger partial charge in [0.15, 0.2) is 11.4 Å². The summed E-state index contributed by atoms with van der Waals surface area (Å²) in [5, 5.41) is 0. The van der Waals surface area contributed by atoms with E-state index in [0.29, 0.717) is 83.2 Å². The SMILES string of the molecule is C=C(C)C(=O)OC1(OCCC)C(OCCC)=C(OCCC)C(CCC)(OCCC)C(OCCC)(OCCC)C1(OCCC)OCCC. The van der Waals surface area contributed by atoms with Gasteiger partial charge in [0.05, 0.1) is 46.2 Å². The Morgan fingerprint density at radius 2 is 0.894 bits per heavy atom. The predicted molar refractivity (Wildman–Crippen MR) is 184 cm³/mol. The number of hydrogen-bond donors (Lipinski definition) is 0. The van der Waals surface area contributed by atoms with Crippen LogP contribution in [-0.4, -0.2) is 81.8 Å². The van der Waals surface area contributed by atoms with Gasteiger partial charge < -0.3 is 42.6 Å². The first-order valence-electron chi connectivity index (χ1n) is 18.4. The first-order chi connectivity index (χ1) is 22.6. The summed E-state index contributed by atoms with van der Waals surface area (Å²) >= 11 is 0. The number of rotatable bonds is 28. The fourth-order valence-electron chi connectivity index (χ4n) is 5.64. The molecule has 0 aromatic heterocycles. The largest absolute Gasteiger partial charge is 0.491 e. The smallest absolute Gasteiger partial charge is 0.337 e. The van der Waals surface area contributed by atoms with Crippen molar-refractivity contribution >= 4 is 5.97 Å². The van der Waals surface area contributed by atoms with Gasteiger partial charge in [0.2, 0.25) is 5.76 Å². The number of carbonyl (C=O) groups is 1. The Bertz CT molecular complexity index is 918. The maximum atomic E-state index is 13.9. The van der Waals surface area contributed by atoms with Crippen molar-refractivity contribution in [1.82, 2.24) is 0 Å². The molecule has 0 saturated heterocycles.